The number of ether oxygens (including phenoxy) is 1. The van der Waals surface area contributed by atoms with E-state index in [0.717, 1.165) is 50.5 Å². The predicted octanol–water partition coefficient (Wildman–Crippen LogP) is 2.50. The van der Waals surface area contributed by atoms with Crippen molar-refractivity contribution in [2.75, 3.05) is 33.3 Å². The lowest BCUT2D eigenvalue weighted by atomic mass is 10.0. The highest BCUT2D eigenvalue weighted by Crippen LogP contribution is 2.29. The van der Waals surface area contributed by atoms with Crippen LogP contribution in [0, 0.1) is 0 Å². The van der Waals surface area contributed by atoms with Gasteiger partial charge in [0.05, 0.1) is 13.7 Å². The number of nitrogens with zero attached hydrogens (tertiary/aromatic N) is 2. The summed E-state index contributed by atoms with van der Waals surface area (Å²) in [7, 11) is 1.55. The molecule has 0 amide bonds. The van der Waals surface area contributed by atoms with Gasteiger partial charge in [-0.3, -0.25) is 4.90 Å². The minimum absolute atomic E-state index is 0.155. The third kappa shape index (κ3) is 5.95. The number of rotatable bonds is 7. The Hall–Kier alpha value is -2.21. The fourth-order valence-corrected chi connectivity index (χ4v) is 3.15. The summed E-state index contributed by atoms with van der Waals surface area (Å²) in [5, 5.41) is 17.0. The maximum atomic E-state index is 10.2. The molecule has 0 aliphatic carbocycles. The minimum Gasteiger partial charge on any atom is -0.504 e. The summed E-state index contributed by atoms with van der Waals surface area (Å²) in [5.74, 6) is 1.41. The summed E-state index contributed by atoms with van der Waals surface area (Å²) in [6, 6.07) is 5.88. The lowest BCUT2D eigenvalue weighted by Gasteiger charge is -2.33. The molecule has 0 atom stereocenters. The van der Waals surface area contributed by atoms with Crippen molar-refractivity contribution in [2.24, 2.45) is 4.99 Å². The Morgan fingerprint density at radius 2 is 2.12 bits per heavy atom. The number of aliphatic imine (C=N–C) groups is 1. The molecular weight excluding hydrogens is 328 g/mol. The molecule has 0 radical (unpaired) electrons. The van der Waals surface area contributed by atoms with Gasteiger partial charge in [0.25, 0.3) is 0 Å². The molecule has 26 heavy (non-hydrogen) atoms. The molecule has 1 aliphatic rings. The molecule has 1 aromatic rings. The number of para-hydroxylation sites is 1. The molecule has 1 aliphatic heterocycles. The third-order valence-corrected chi connectivity index (χ3v) is 4.48. The monoisotopic (exact) mass is 360 g/mol. The van der Waals surface area contributed by atoms with Crippen molar-refractivity contribution in [3.63, 3.8) is 0 Å². The number of phenolic OH excluding ortho intramolecular Hbond substituents is 1. The van der Waals surface area contributed by atoms with E-state index < -0.39 is 0 Å². The number of phenols is 1. The number of methoxy groups -OCH3 is 1. The molecule has 1 fully saturated rings. The second-order valence-electron chi connectivity index (χ2n) is 6.82. The highest BCUT2D eigenvalue weighted by Gasteiger charge is 2.19. The number of aromatic hydroxyl groups is 1. The van der Waals surface area contributed by atoms with Gasteiger partial charge < -0.3 is 20.5 Å². The van der Waals surface area contributed by atoms with Gasteiger partial charge in [0.1, 0.15) is 0 Å². The van der Waals surface area contributed by atoms with Crippen molar-refractivity contribution in [3.8, 4) is 11.5 Å². The fourth-order valence-electron chi connectivity index (χ4n) is 3.15. The van der Waals surface area contributed by atoms with Crippen LogP contribution in [0.5, 0.6) is 11.5 Å². The summed E-state index contributed by atoms with van der Waals surface area (Å²) >= 11 is 0. The highest BCUT2D eigenvalue weighted by atomic mass is 16.5. The molecule has 3 N–H and O–H groups in total. The number of piperidine rings is 1. The fraction of sp³-hybridized carbons (Fsp3) is 0.550. The van der Waals surface area contributed by atoms with Crippen LogP contribution in [0.1, 0.15) is 32.3 Å². The first-order chi connectivity index (χ1) is 12.5. The van der Waals surface area contributed by atoms with Crippen LogP contribution >= 0.6 is 0 Å². The number of hydrogen-bond donors (Lipinski definition) is 3. The first kappa shape index (κ1) is 20.1. The molecule has 0 bridgehead atoms. The van der Waals surface area contributed by atoms with Crippen LogP contribution in [0.25, 0.3) is 0 Å². The van der Waals surface area contributed by atoms with E-state index in [-0.39, 0.29) is 5.75 Å². The van der Waals surface area contributed by atoms with Crippen LogP contribution in [-0.4, -0.2) is 55.3 Å². The molecule has 6 nitrogen and oxygen atoms in total. The summed E-state index contributed by atoms with van der Waals surface area (Å²) in [6.45, 7) is 12.4. The lowest BCUT2D eigenvalue weighted by molar-refractivity contribution is 0.221. The van der Waals surface area contributed by atoms with Crippen LogP contribution in [0.2, 0.25) is 0 Å². The number of likely N-dealkylation sites (tertiary alicyclic amines) is 1. The lowest BCUT2D eigenvalue weighted by Crippen LogP contribution is -2.48. The van der Waals surface area contributed by atoms with Crippen molar-refractivity contribution < 1.29 is 9.84 Å². The second kappa shape index (κ2) is 10.1. The van der Waals surface area contributed by atoms with Crippen molar-refractivity contribution in [1.29, 1.82) is 0 Å². The topological polar surface area (TPSA) is 69.1 Å². The number of benzene rings is 1. The minimum atomic E-state index is 0.155. The Bertz CT molecular complexity index is 622. The Morgan fingerprint density at radius 1 is 1.38 bits per heavy atom. The van der Waals surface area contributed by atoms with Crippen molar-refractivity contribution in [2.45, 2.75) is 39.3 Å². The molecule has 6 heteroatoms. The summed E-state index contributed by atoms with van der Waals surface area (Å²) < 4.78 is 5.16. The highest BCUT2D eigenvalue weighted by molar-refractivity contribution is 5.80. The Kier molecular flexibility index (Phi) is 7.78. The average Bonchev–Trinajstić information content (AvgIpc) is 2.62. The molecule has 0 spiro atoms. The number of hydrogen-bond acceptors (Lipinski definition) is 4. The van der Waals surface area contributed by atoms with Crippen molar-refractivity contribution >= 4 is 5.96 Å². The first-order valence-electron chi connectivity index (χ1n) is 9.30. The quantitative estimate of drug-likeness (QED) is 0.396. The Labute approximate surface area is 157 Å². The standard InChI is InChI=1S/C20H32N4O2/c1-5-21-20(22-13-16-7-6-8-18(26-4)19(16)25)23-17-9-11-24(12-10-17)14-15(2)3/h6-8,17,25H,2,5,9-14H2,1,3-4H3,(H2,21,22,23). The molecule has 2 rings (SSSR count). The van der Waals surface area contributed by atoms with Gasteiger partial charge in [-0.05, 0) is 32.8 Å². The normalized spacial score (nSPS) is 16.3. The van der Waals surface area contributed by atoms with E-state index in [1.807, 2.05) is 12.1 Å². The van der Waals surface area contributed by atoms with Crippen LogP contribution < -0.4 is 15.4 Å². The maximum absolute atomic E-state index is 10.2. The van der Waals surface area contributed by atoms with E-state index in [9.17, 15) is 5.11 Å². The van der Waals surface area contributed by atoms with E-state index in [4.69, 9.17) is 4.74 Å². The zero-order valence-electron chi connectivity index (χ0n) is 16.2. The van der Waals surface area contributed by atoms with Gasteiger partial charge in [-0.15, -0.1) is 0 Å². The van der Waals surface area contributed by atoms with E-state index in [1.165, 1.54) is 5.57 Å². The Balaban J connectivity index is 1.94. The maximum Gasteiger partial charge on any atom is 0.191 e. The van der Waals surface area contributed by atoms with Gasteiger partial charge in [-0.2, -0.15) is 0 Å². The molecule has 1 heterocycles. The predicted molar refractivity (Wildman–Crippen MR) is 107 cm³/mol. The zero-order valence-corrected chi connectivity index (χ0v) is 16.2. The van der Waals surface area contributed by atoms with Gasteiger partial charge in [0.15, 0.2) is 17.5 Å². The summed E-state index contributed by atoms with van der Waals surface area (Å²) in [4.78, 5) is 7.08. The van der Waals surface area contributed by atoms with Crippen LogP contribution in [0.3, 0.4) is 0 Å². The Morgan fingerprint density at radius 3 is 2.73 bits per heavy atom. The van der Waals surface area contributed by atoms with Gasteiger partial charge in [0, 0.05) is 37.8 Å². The largest absolute Gasteiger partial charge is 0.504 e. The summed E-state index contributed by atoms with van der Waals surface area (Å²) in [5.41, 5.74) is 1.96. The molecule has 0 aromatic heterocycles. The molecule has 1 saturated heterocycles. The number of nitrogens with one attached hydrogen (secondary N) is 2. The summed E-state index contributed by atoms with van der Waals surface area (Å²) in [6.07, 6.45) is 2.17. The first-order valence-corrected chi connectivity index (χ1v) is 9.30. The molecule has 0 unspecified atom stereocenters. The van der Waals surface area contributed by atoms with E-state index in [0.29, 0.717) is 18.3 Å². The van der Waals surface area contributed by atoms with Crippen molar-refractivity contribution in [1.82, 2.24) is 15.5 Å². The molecule has 1 aromatic carbocycles. The van der Waals surface area contributed by atoms with Gasteiger partial charge in [-0.25, -0.2) is 4.99 Å². The zero-order chi connectivity index (χ0) is 18.9. The number of guanidine groups is 1. The molecule has 144 valence electrons. The van der Waals surface area contributed by atoms with Crippen molar-refractivity contribution in [3.05, 3.63) is 35.9 Å². The van der Waals surface area contributed by atoms with E-state index in [2.05, 4.69) is 41.0 Å². The van der Waals surface area contributed by atoms with Crippen LogP contribution in [0.4, 0.5) is 0 Å². The molecular formula is C20H32N4O2. The van der Waals surface area contributed by atoms with Gasteiger partial charge in [0.2, 0.25) is 0 Å². The third-order valence-electron chi connectivity index (χ3n) is 4.48. The smallest absolute Gasteiger partial charge is 0.191 e. The second-order valence-corrected chi connectivity index (χ2v) is 6.82. The van der Waals surface area contributed by atoms with E-state index in [1.54, 1.807) is 13.2 Å². The average molecular weight is 361 g/mol. The van der Waals surface area contributed by atoms with Crippen LogP contribution in [0.15, 0.2) is 35.3 Å². The van der Waals surface area contributed by atoms with E-state index >= 15 is 0 Å². The molecule has 0 saturated carbocycles. The van der Waals surface area contributed by atoms with Gasteiger partial charge >= 0.3 is 0 Å². The van der Waals surface area contributed by atoms with Crippen LogP contribution in [-0.2, 0) is 6.54 Å². The SMILES string of the molecule is C=C(C)CN1CCC(NC(=NCc2cccc(OC)c2O)NCC)CC1. The van der Waals surface area contributed by atoms with Gasteiger partial charge in [-0.1, -0.05) is 24.3 Å².